The molecule has 2 rings (SSSR count). The minimum Gasteiger partial charge on any atom is -0.336 e. The Morgan fingerprint density at radius 1 is 1.23 bits per heavy atom. The van der Waals surface area contributed by atoms with Crippen molar-refractivity contribution >= 4 is 15.7 Å². The molecule has 2 unspecified atom stereocenters. The number of likely N-dealkylation sites (tertiary alicyclic amines) is 1. The average molecular weight is 328 g/mol. The summed E-state index contributed by atoms with van der Waals surface area (Å²) in [7, 11) is -3.78. The molecule has 0 radical (unpaired) electrons. The molecule has 8 heteroatoms. The lowest BCUT2D eigenvalue weighted by Crippen LogP contribution is -2.49. The molecule has 0 N–H and O–H groups in total. The number of hydrogen-bond acceptors (Lipinski definition) is 5. The lowest BCUT2D eigenvalue weighted by atomic mass is 9.98. The molecule has 0 saturated carbocycles. The zero-order chi connectivity index (χ0) is 16.5. The Balaban J connectivity index is 2.22. The number of hydrogen-bond donors (Lipinski definition) is 0. The minimum absolute atomic E-state index is 0.0808. The molecule has 2 heterocycles. The van der Waals surface area contributed by atoms with E-state index in [0.29, 0.717) is 12.4 Å². The standard InChI is InChI=1S/C14H24N4O3S/c1-5-17-12(4)15-16-14(17)22(20,21)9-13(19)18-10(2)7-6-8-11(18)3/h10-11H,5-9H2,1-4H3. The molecule has 1 saturated heterocycles. The summed E-state index contributed by atoms with van der Waals surface area (Å²) >= 11 is 0. The molecule has 0 aromatic carbocycles. The summed E-state index contributed by atoms with van der Waals surface area (Å²) in [5.41, 5.74) is 0. The first-order chi connectivity index (χ1) is 10.3. The molecule has 0 aliphatic carbocycles. The highest BCUT2D eigenvalue weighted by Gasteiger charge is 2.34. The molecule has 22 heavy (non-hydrogen) atoms. The Hall–Kier alpha value is -1.44. The maximum absolute atomic E-state index is 12.5. The first-order valence-corrected chi connectivity index (χ1v) is 9.37. The number of aryl methyl sites for hydroxylation is 1. The van der Waals surface area contributed by atoms with Crippen LogP contribution < -0.4 is 0 Å². The van der Waals surface area contributed by atoms with Gasteiger partial charge < -0.3 is 9.47 Å². The quantitative estimate of drug-likeness (QED) is 0.828. The molecule has 1 amide bonds. The molecule has 1 aliphatic heterocycles. The fourth-order valence-electron chi connectivity index (χ4n) is 3.17. The molecule has 7 nitrogen and oxygen atoms in total. The minimum atomic E-state index is -3.78. The Labute approximate surface area is 131 Å². The van der Waals surface area contributed by atoms with Gasteiger partial charge in [0.2, 0.25) is 20.9 Å². The summed E-state index contributed by atoms with van der Waals surface area (Å²) in [6.45, 7) is 7.92. The van der Waals surface area contributed by atoms with Crippen molar-refractivity contribution in [1.29, 1.82) is 0 Å². The van der Waals surface area contributed by atoms with E-state index in [1.165, 1.54) is 4.57 Å². The van der Waals surface area contributed by atoms with Crippen LogP contribution in [-0.4, -0.2) is 51.8 Å². The Bertz CT molecular complexity index is 643. The normalized spacial score (nSPS) is 22.8. The van der Waals surface area contributed by atoms with E-state index in [2.05, 4.69) is 10.2 Å². The lowest BCUT2D eigenvalue weighted by molar-refractivity contribution is -0.134. The second-order valence-corrected chi connectivity index (χ2v) is 7.85. The Morgan fingerprint density at radius 2 is 1.82 bits per heavy atom. The van der Waals surface area contributed by atoms with Crippen molar-refractivity contribution in [3.63, 3.8) is 0 Å². The number of piperidine rings is 1. The highest BCUT2D eigenvalue weighted by molar-refractivity contribution is 7.91. The molecule has 1 fully saturated rings. The first-order valence-electron chi connectivity index (χ1n) is 7.71. The third-order valence-electron chi connectivity index (χ3n) is 4.29. The molecular formula is C14H24N4O3S. The average Bonchev–Trinajstić information content (AvgIpc) is 2.79. The maximum atomic E-state index is 12.5. The van der Waals surface area contributed by atoms with E-state index in [1.807, 2.05) is 20.8 Å². The van der Waals surface area contributed by atoms with Crippen molar-refractivity contribution in [2.75, 3.05) is 5.75 Å². The molecule has 0 spiro atoms. The zero-order valence-corrected chi connectivity index (χ0v) is 14.4. The zero-order valence-electron chi connectivity index (χ0n) is 13.6. The second kappa shape index (κ2) is 6.36. The van der Waals surface area contributed by atoms with Crippen LogP contribution in [0.4, 0.5) is 0 Å². The van der Waals surface area contributed by atoms with Gasteiger partial charge >= 0.3 is 0 Å². The summed E-state index contributed by atoms with van der Waals surface area (Å²) in [6, 6.07) is 0.162. The van der Waals surface area contributed by atoms with Crippen molar-refractivity contribution in [3.8, 4) is 0 Å². The van der Waals surface area contributed by atoms with E-state index >= 15 is 0 Å². The van der Waals surface area contributed by atoms with E-state index < -0.39 is 15.6 Å². The van der Waals surface area contributed by atoms with E-state index in [0.717, 1.165) is 19.3 Å². The Morgan fingerprint density at radius 3 is 2.36 bits per heavy atom. The number of sulfone groups is 1. The first kappa shape index (κ1) is 16.9. The number of rotatable bonds is 4. The van der Waals surface area contributed by atoms with Crippen molar-refractivity contribution < 1.29 is 13.2 Å². The van der Waals surface area contributed by atoms with Crippen molar-refractivity contribution in [2.45, 2.75) is 70.7 Å². The van der Waals surface area contributed by atoms with Gasteiger partial charge in [-0.2, -0.15) is 0 Å². The van der Waals surface area contributed by atoms with Crippen LogP contribution in [-0.2, 0) is 21.2 Å². The van der Waals surface area contributed by atoms with Gasteiger partial charge in [-0.25, -0.2) is 8.42 Å². The van der Waals surface area contributed by atoms with E-state index in [-0.39, 0.29) is 23.1 Å². The van der Waals surface area contributed by atoms with E-state index in [1.54, 1.807) is 11.8 Å². The Kier molecular flexibility index (Phi) is 4.89. The summed E-state index contributed by atoms with van der Waals surface area (Å²) < 4.78 is 26.6. The van der Waals surface area contributed by atoms with Crippen LogP contribution in [0.5, 0.6) is 0 Å². The predicted octanol–water partition coefficient (Wildman–Crippen LogP) is 1.17. The lowest BCUT2D eigenvalue weighted by Gasteiger charge is -2.39. The van der Waals surface area contributed by atoms with Gasteiger partial charge in [0.25, 0.3) is 0 Å². The van der Waals surface area contributed by atoms with Gasteiger partial charge in [0.1, 0.15) is 11.6 Å². The van der Waals surface area contributed by atoms with E-state index in [9.17, 15) is 13.2 Å². The highest BCUT2D eigenvalue weighted by Crippen LogP contribution is 2.23. The van der Waals surface area contributed by atoms with Gasteiger partial charge in [-0.15, -0.1) is 10.2 Å². The van der Waals surface area contributed by atoms with Crippen LogP contribution in [0.15, 0.2) is 5.16 Å². The number of carbonyl (C=O) groups is 1. The molecule has 2 atom stereocenters. The monoisotopic (exact) mass is 328 g/mol. The van der Waals surface area contributed by atoms with Gasteiger partial charge in [0.15, 0.2) is 0 Å². The molecule has 1 aromatic rings. The van der Waals surface area contributed by atoms with Crippen LogP contribution in [0, 0.1) is 6.92 Å². The smallest absolute Gasteiger partial charge is 0.250 e. The molecule has 1 aromatic heterocycles. The van der Waals surface area contributed by atoms with E-state index in [4.69, 9.17) is 0 Å². The predicted molar refractivity (Wildman–Crippen MR) is 82.1 cm³/mol. The summed E-state index contributed by atoms with van der Waals surface area (Å²) in [6.07, 6.45) is 2.91. The third kappa shape index (κ3) is 3.16. The third-order valence-corrected chi connectivity index (χ3v) is 5.78. The van der Waals surface area contributed by atoms with Crippen LogP contribution in [0.25, 0.3) is 0 Å². The fraction of sp³-hybridized carbons (Fsp3) is 0.786. The fourth-order valence-corrected chi connectivity index (χ4v) is 4.54. The van der Waals surface area contributed by atoms with Crippen LogP contribution in [0.1, 0.15) is 45.9 Å². The summed E-state index contributed by atoms with van der Waals surface area (Å²) in [4.78, 5) is 14.2. The maximum Gasteiger partial charge on any atom is 0.250 e. The van der Waals surface area contributed by atoms with Crippen LogP contribution in [0.3, 0.4) is 0 Å². The second-order valence-electron chi connectivity index (χ2n) is 5.96. The highest BCUT2D eigenvalue weighted by atomic mass is 32.2. The van der Waals surface area contributed by atoms with Crippen molar-refractivity contribution in [3.05, 3.63) is 5.82 Å². The van der Waals surface area contributed by atoms with Crippen LogP contribution >= 0.6 is 0 Å². The number of amides is 1. The topological polar surface area (TPSA) is 85.2 Å². The number of carbonyl (C=O) groups excluding carboxylic acids is 1. The van der Waals surface area contributed by atoms with Crippen LogP contribution in [0.2, 0.25) is 0 Å². The van der Waals surface area contributed by atoms with Gasteiger partial charge in [-0.3, -0.25) is 4.79 Å². The van der Waals surface area contributed by atoms with Crippen molar-refractivity contribution in [1.82, 2.24) is 19.7 Å². The van der Waals surface area contributed by atoms with Gasteiger partial charge in [0, 0.05) is 18.6 Å². The summed E-state index contributed by atoms with van der Waals surface area (Å²) in [5, 5.41) is 7.45. The molecule has 0 bridgehead atoms. The van der Waals surface area contributed by atoms with Gasteiger partial charge in [-0.1, -0.05) is 0 Å². The van der Waals surface area contributed by atoms with Gasteiger partial charge in [0.05, 0.1) is 0 Å². The molecular weight excluding hydrogens is 304 g/mol. The number of aromatic nitrogens is 3. The largest absolute Gasteiger partial charge is 0.336 e. The van der Waals surface area contributed by atoms with Gasteiger partial charge in [-0.05, 0) is 47.0 Å². The SMILES string of the molecule is CCn1c(C)nnc1S(=O)(=O)CC(=O)N1C(C)CCCC1C. The molecule has 124 valence electrons. The molecule has 1 aliphatic rings. The van der Waals surface area contributed by atoms with Crippen molar-refractivity contribution in [2.24, 2.45) is 0 Å². The number of nitrogens with zero attached hydrogens (tertiary/aromatic N) is 4. The summed E-state index contributed by atoms with van der Waals surface area (Å²) in [5.74, 6) is -0.351.